The SMILES string of the molecule is Cc1cc(CC2CN(C(=O)c3ccc(CCN)cc3)CC2O)n[nH]1. The van der Waals surface area contributed by atoms with E-state index in [2.05, 4.69) is 10.2 Å². The van der Waals surface area contributed by atoms with Gasteiger partial charge >= 0.3 is 0 Å². The average molecular weight is 328 g/mol. The van der Waals surface area contributed by atoms with Crippen LogP contribution in [0.5, 0.6) is 0 Å². The van der Waals surface area contributed by atoms with E-state index in [1.807, 2.05) is 37.3 Å². The summed E-state index contributed by atoms with van der Waals surface area (Å²) < 4.78 is 0. The van der Waals surface area contributed by atoms with Gasteiger partial charge in [-0.1, -0.05) is 12.1 Å². The first kappa shape index (κ1) is 16.7. The monoisotopic (exact) mass is 328 g/mol. The van der Waals surface area contributed by atoms with E-state index in [-0.39, 0.29) is 11.8 Å². The van der Waals surface area contributed by atoms with E-state index in [1.165, 1.54) is 0 Å². The fourth-order valence-corrected chi connectivity index (χ4v) is 3.23. The fourth-order valence-electron chi connectivity index (χ4n) is 3.23. The maximum absolute atomic E-state index is 12.6. The van der Waals surface area contributed by atoms with Crippen molar-refractivity contribution in [2.45, 2.75) is 25.9 Å². The van der Waals surface area contributed by atoms with E-state index in [0.717, 1.165) is 23.4 Å². The minimum atomic E-state index is -0.512. The first-order chi connectivity index (χ1) is 11.6. The number of aliphatic hydroxyl groups is 1. The number of aryl methyl sites for hydroxylation is 1. The van der Waals surface area contributed by atoms with E-state index in [9.17, 15) is 9.90 Å². The molecule has 2 heterocycles. The highest BCUT2D eigenvalue weighted by Gasteiger charge is 2.34. The third-order valence-corrected chi connectivity index (χ3v) is 4.56. The first-order valence-corrected chi connectivity index (χ1v) is 8.34. The molecule has 1 aliphatic rings. The number of hydrogen-bond donors (Lipinski definition) is 3. The van der Waals surface area contributed by atoms with Gasteiger partial charge < -0.3 is 15.7 Å². The molecule has 2 atom stereocenters. The summed E-state index contributed by atoms with van der Waals surface area (Å²) in [4.78, 5) is 14.4. The predicted molar refractivity (Wildman–Crippen MR) is 91.6 cm³/mol. The molecular weight excluding hydrogens is 304 g/mol. The van der Waals surface area contributed by atoms with Crippen molar-refractivity contribution in [2.75, 3.05) is 19.6 Å². The molecule has 4 N–H and O–H groups in total. The molecule has 2 unspecified atom stereocenters. The summed E-state index contributed by atoms with van der Waals surface area (Å²) in [7, 11) is 0. The number of carbonyl (C=O) groups excluding carboxylic acids is 1. The minimum Gasteiger partial charge on any atom is -0.391 e. The van der Waals surface area contributed by atoms with Gasteiger partial charge in [-0.2, -0.15) is 5.10 Å². The molecule has 1 fully saturated rings. The number of aliphatic hydroxyl groups excluding tert-OH is 1. The second kappa shape index (κ2) is 7.15. The topological polar surface area (TPSA) is 95.2 Å². The van der Waals surface area contributed by atoms with Crippen molar-refractivity contribution in [1.29, 1.82) is 0 Å². The van der Waals surface area contributed by atoms with Crippen LogP contribution in [0.1, 0.15) is 27.3 Å². The molecule has 1 saturated heterocycles. The van der Waals surface area contributed by atoms with E-state index in [0.29, 0.717) is 31.6 Å². The number of hydrogen-bond acceptors (Lipinski definition) is 4. The molecule has 1 amide bonds. The van der Waals surface area contributed by atoms with Gasteiger partial charge in [0, 0.05) is 30.3 Å². The van der Waals surface area contributed by atoms with Gasteiger partial charge in [0.2, 0.25) is 0 Å². The number of nitrogens with two attached hydrogens (primary N) is 1. The third kappa shape index (κ3) is 3.66. The lowest BCUT2D eigenvalue weighted by molar-refractivity contribution is 0.0764. The molecule has 2 aromatic rings. The zero-order chi connectivity index (χ0) is 17.1. The third-order valence-electron chi connectivity index (χ3n) is 4.56. The molecule has 0 aliphatic carbocycles. The maximum atomic E-state index is 12.6. The Morgan fingerprint density at radius 3 is 2.75 bits per heavy atom. The lowest BCUT2D eigenvalue weighted by Gasteiger charge is -2.16. The fraction of sp³-hybridized carbons (Fsp3) is 0.444. The van der Waals surface area contributed by atoms with Crippen LogP contribution in [0.25, 0.3) is 0 Å². The zero-order valence-corrected chi connectivity index (χ0v) is 13.9. The second-order valence-electron chi connectivity index (χ2n) is 6.52. The normalized spacial score (nSPS) is 20.5. The standard InChI is InChI=1S/C18H24N4O2/c1-12-8-16(21-20-12)9-15-10-22(11-17(15)23)18(24)14-4-2-13(3-5-14)6-7-19/h2-5,8,15,17,23H,6-7,9-11,19H2,1H3,(H,20,21). The van der Waals surface area contributed by atoms with Crippen LogP contribution >= 0.6 is 0 Å². The highest BCUT2D eigenvalue weighted by Crippen LogP contribution is 2.23. The summed E-state index contributed by atoms with van der Waals surface area (Å²) in [5.74, 6) is -0.0118. The van der Waals surface area contributed by atoms with Gasteiger partial charge in [0.1, 0.15) is 0 Å². The Morgan fingerprint density at radius 2 is 2.12 bits per heavy atom. The number of β-amino-alcohol motifs (C(OH)–C–C–N with tert-alkyl or cyclic N) is 1. The molecule has 0 saturated carbocycles. The summed E-state index contributed by atoms with van der Waals surface area (Å²) in [5.41, 5.74) is 9.25. The van der Waals surface area contributed by atoms with Crippen LogP contribution < -0.4 is 5.73 Å². The Hall–Kier alpha value is -2.18. The van der Waals surface area contributed by atoms with Crippen molar-refractivity contribution >= 4 is 5.91 Å². The molecule has 0 radical (unpaired) electrons. The molecule has 128 valence electrons. The molecule has 1 aromatic heterocycles. The molecule has 1 aliphatic heterocycles. The molecule has 0 bridgehead atoms. The summed E-state index contributed by atoms with van der Waals surface area (Å²) in [6, 6.07) is 9.54. The van der Waals surface area contributed by atoms with Crippen LogP contribution in [0, 0.1) is 12.8 Å². The van der Waals surface area contributed by atoms with Crippen molar-refractivity contribution in [3.05, 3.63) is 52.8 Å². The highest BCUT2D eigenvalue weighted by atomic mass is 16.3. The van der Waals surface area contributed by atoms with Crippen molar-refractivity contribution in [3.8, 4) is 0 Å². The van der Waals surface area contributed by atoms with Gasteiger partial charge in [0.25, 0.3) is 5.91 Å². The summed E-state index contributed by atoms with van der Waals surface area (Å²) in [6.45, 7) is 3.47. The largest absolute Gasteiger partial charge is 0.391 e. The van der Waals surface area contributed by atoms with Gasteiger partial charge in [0.05, 0.1) is 11.8 Å². The predicted octanol–water partition coefficient (Wildman–Crippen LogP) is 0.895. The summed E-state index contributed by atoms with van der Waals surface area (Å²) in [6.07, 6.45) is 0.967. The Bertz CT molecular complexity index is 695. The Kier molecular flexibility index (Phi) is 4.97. The van der Waals surface area contributed by atoms with Crippen molar-refractivity contribution in [2.24, 2.45) is 11.7 Å². The first-order valence-electron chi connectivity index (χ1n) is 8.34. The van der Waals surface area contributed by atoms with Gasteiger partial charge in [-0.05, 0) is 50.1 Å². The van der Waals surface area contributed by atoms with Gasteiger partial charge in [0.15, 0.2) is 0 Å². The lowest BCUT2D eigenvalue weighted by atomic mass is 10.00. The molecule has 6 nitrogen and oxygen atoms in total. The summed E-state index contributed by atoms with van der Waals surface area (Å²) >= 11 is 0. The molecular formula is C18H24N4O2. The number of aromatic nitrogens is 2. The van der Waals surface area contributed by atoms with Crippen LogP contribution in [-0.2, 0) is 12.8 Å². The average Bonchev–Trinajstić information content (AvgIpc) is 3.14. The van der Waals surface area contributed by atoms with Crippen molar-refractivity contribution < 1.29 is 9.90 Å². The highest BCUT2D eigenvalue weighted by molar-refractivity contribution is 5.94. The number of carbonyl (C=O) groups is 1. The number of nitrogens with zero attached hydrogens (tertiary/aromatic N) is 2. The number of H-pyrrole nitrogens is 1. The molecule has 24 heavy (non-hydrogen) atoms. The van der Waals surface area contributed by atoms with E-state index in [1.54, 1.807) is 4.90 Å². The van der Waals surface area contributed by atoms with Gasteiger partial charge in [-0.25, -0.2) is 0 Å². The number of aromatic amines is 1. The van der Waals surface area contributed by atoms with E-state index >= 15 is 0 Å². The van der Waals surface area contributed by atoms with Crippen LogP contribution in [0.15, 0.2) is 30.3 Å². The van der Waals surface area contributed by atoms with Gasteiger partial charge in [-0.15, -0.1) is 0 Å². The molecule has 3 rings (SSSR count). The van der Waals surface area contributed by atoms with E-state index < -0.39 is 6.10 Å². The quantitative estimate of drug-likeness (QED) is 0.760. The van der Waals surface area contributed by atoms with Crippen LogP contribution in [0.3, 0.4) is 0 Å². The number of benzene rings is 1. The molecule has 0 spiro atoms. The van der Waals surface area contributed by atoms with Crippen LogP contribution in [-0.4, -0.2) is 51.8 Å². The molecule has 6 heteroatoms. The zero-order valence-electron chi connectivity index (χ0n) is 13.9. The van der Waals surface area contributed by atoms with E-state index in [4.69, 9.17) is 5.73 Å². The minimum absolute atomic E-state index is 0.0214. The lowest BCUT2D eigenvalue weighted by Crippen LogP contribution is -2.29. The Labute approximate surface area is 141 Å². The summed E-state index contributed by atoms with van der Waals surface area (Å²) in [5, 5.41) is 17.4. The van der Waals surface area contributed by atoms with Gasteiger partial charge in [-0.3, -0.25) is 9.89 Å². The maximum Gasteiger partial charge on any atom is 0.253 e. The Balaban J connectivity index is 1.63. The van der Waals surface area contributed by atoms with Crippen molar-refractivity contribution in [1.82, 2.24) is 15.1 Å². The Morgan fingerprint density at radius 1 is 1.38 bits per heavy atom. The number of amides is 1. The molecule has 1 aromatic carbocycles. The number of nitrogens with one attached hydrogen (secondary N) is 1. The van der Waals surface area contributed by atoms with Crippen LogP contribution in [0.4, 0.5) is 0 Å². The number of rotatable bonds is 5. The van der Waals surface area contributed by atoms with Crippen molar-refractivity contribution in [3.63, 3.8) is 0 Å². The number of likely N-dealkylation sites (tertiary alicyclic amines) is 1. The van der Waals surface area contributed by atoms with Crippen LogP contribution in [0.2, 0.25) is 0 Å². The smallest absolute Gasteiger partial charge is 0.253 e. The second-order valence-corrected chi connectivity index (χ2v) is 6.52.